The normalized spacial score (nSPS) is 33.4. The van der Waals surface area contributed by atoms with Crippen LogP contribution in [-0.2, 0) is 14.3 Å². The number of ether oxygens (including phenoxy) is 1. The van der Waals surface area contributed by atoms with Crippen molar-refractivity contribution in [3.63, 3.8) is 0 Å². The van der Waals surface area contributed by atoms with Crippen molar-refractivity contribution in [3.05, 3.63) is 22.9 Å². The van der Waals surface area contributed by atoms with Crippen molar-refractivity contribution < 1.29 is 14.3 Å². The maximum atomic E-state index is 13.3. The summed E-state index contributed by atoms with van der Waals surface area (Å²) in [5.74, 6) is -0.166. The van der Waals surface area contributed by atoms with E-state index >= 15 is 0 Å². The maximum absolute atomic E-state index is 13.3. The summed E-state index contributed by atoms with van der Waals surface area (Å²) in [6.45, 7) is 1.50. The third kappa shape index (κ3) is 3.68. The standard InChI is InChI=1S/C23H30BrN3O3/c24-18-7-4-15(13-26-18)27-21(28)19-16-5-6-17(23(16)9-10-23)20(19)22(29)30-12-8-14-3-1-2-11-25-14/h4,7,13-14,16-17,19-20,25H,1-3,5-6,8-12H2,(H,27,28)/t14-,16-,17+,19+,20+/m0/s1. The molecule has 5 atom stereocenters. The van der Waals surface area contributed by atoms with E-state index in [1.807, 2.05) is 12.1 Å². The molecule has 30 heavy (non-hydrogen) atoms. The topological polar surface area (TPSA) is 80.3 Å². The molecule has 2 N–H and O–H groups in total. The molecule has 4 fully saturated rings. The number of nitrogens with one attached hydrogen (secondary N) is 2. The molecule has 2 bridgehead atoms. The number of piperidine rings is 1. The molecular weight excluding hydrogens is 446 g/mol. The largest absolute Gasteiger partial charge is 0.465 e. The number of esters is 1. The summed E-state index contributed by atoms with van der Waals surface area (Å²) in [6, 6.07) is 4.09. The van der Waals surface area contributed by atoms with Crippen molar-refractivity contribution in [1.29, 1.82) is 0 Å². The molecule has 1 aromatic heterocycles. The van der Waals surface area contributed by atoms with Gasteiger partial charge in [0.1, 0.15) is 4.60 Å². The molecule has 1 saturated heterocycles. The maximum Gasteiger partial charge on any atom is 0.310 e. The van der Waals surface area contributed by atoms with Gasteiger partial charge < -0.3 is 15.4 Å². The van der Waals surface area contributed by atoms with E-state index in [0.717, 1.165) is 49.7 Å². The molecule has 1 aliphatic heterocycles. The van der Waals surface area contributed by atoms with Crippen LogP contribution in [-0.4, -0.2) is 36.1 Å². The fourth-order valence-electron chi connectivity index (χ4n) is 6.57. The van der Waals surface area contributed by atoms with E-state index in [1.54, 1.807) is 6.20 Å². The number of hydrogen-bond donors (Lipinski definition) is 2. The molecule has 6 nitrogen and oxygen atoms in total. The van der Waals surface area contributed by atoms with Gasteiger partial charge in [0.2, 0.25) is 5.91 Å². The molecule has 1 aromatic rings. The number of halogens is 1. The molecule has 3 aliphatic carbocycles. The fraction of sp³-hybridized carbons (Fsp3) is 0.696. The van der Waals surface area contributed by atoms with Crippen molar-refractivity contribution in [1.82, 2.24) is 10.3 Å². The molecular formula is C23H30BrN3O3. The third-order valence-electron chi connectivity index (χ3n) is 8.04. The highest BCUT2D eigenvalue weighted by molar-refractivity contribution is 9.10. The lowest BCUT2D eigenvalue weighted by atomic mass is 9.78. The SMILES string of the molecule is O=C(OCC[C@@H]1CCCCN1)[C@H]1[C@H](C(=O)Nc2ccc(Br)nc2)[C@@H]2CC[C@H]1C21CC1. The molecule has 162 valence electrons. The lowest BCUT2D eigenvalue weighted by molar-refractivity contribution is -0.155. The van der Waals surface area contributed by atoms with Crippen LogP contribution in [0.5, 0.6) is 0 Å². The number of anilines is 1. The van der Waals surface area contributed by atoms with Gasteiger partial charge in [0.05, 0.1) is 30.3 Å². The number of aromatic nitrogens is 1. The van der Waals surface area contributed by atoms with Gasteiger partial charge in [0.15, 0.2) is 0 Å². The van der Waals surface area contributed by atoms with E-state index in [2.05, 4.69) is 31.5 Å². The van der Waals surface area contributed by atoms with Crippen LogP contribution in [0.3, 0.4) is 0 Å². The Kier molecular flexibility index (Phi) is 5.60. The minimum atomic E-state index is -0.297. The average molecular weight is 476 g/mol. The number of hydrogen-bond acceptors (Lipinski definition) is 5. The Morgan fingerprint density at radius 3 is 2.63 bits per heavy atom. The van der Waals surface area contributed by atoms with Gasteiger partial charge >= 0.3 is 5.97 Å². The summed E-state index contributed by atoms with van der Waals surface area (Å²) in [7, 11) is 0. The number of pyridine rings is 1. The summed E-state index contributed by atoms with van der Waals surface area (Å²) in [5, 5.41) is 6.52. The Morgan fingerprint density at radius 1 is 1.17 bits per heavy atom. The fourth-order valence-corrected chi connectivity index (χ4v) is 6.80. The summed E-state index contributed by atoms with van der Waals surface area (Å²) < 4.78 is 6.50. The number of nitrogens with zero attached hydrogens (tertiary/aromatic N) is 1. The predicted molar refractivity (Wildman–Crippen MR) is 117 cm³/mol. The quantitative estimate of drug-likeness (QED) is 0.481. The van der Waals surface area contributed by atoms with E-state index < -0.39 is 0 Å². The monoisotopic (exact) mass is 475 g/mol. The zero-order valence-electron chi connectivity index (χ0n) is 17.2. The van der Waals surface area contributed by atoms with Crippen molar-refractivity contribution in [2.75, 3.05) is 18.5 Å². The molecule has 0 unspecified atom stereocenters. The lowest BCUT2D eigenvalue weighted by Crippen LogP contribution is -2.39. The van der Waals surface area contributed by atoms with E-state index in [0.29, 0.717) is 30.2 Å². The predicted octanol–water partition coefficient (Wildman–Crippen LogP) is 3.91. The first-order chi connectivity index (χ1) is 14.6. The Hall–Kier alpha value is -1.47. The third-order valence-corrected chi connectivity index (χ3v) is 8.51. The Morgan fingerprint density at radius 2 is 1.97 bits per heavy atom. The molecule has 2 heterocycles. The van der Waals surface area contributed by atoms with E-state index in [-0.39, 0.29) is 29.1 Å². The van der Waals surface area contributed by atoms with Crippen molar-refractivity contribution >= 4 is 33.5 Å². The number of rotatable bonds is 6. The van der Waals surface area contributed by atoms with Gasteiger partial charge in [-0.3, -0.25) is 9.59 Å². The molecule has 3 saturated carbocycles. The summed E-state index contributed by atoms with van der Waals surface area (Å²) in [6.07, 6.45) is 10.5. The van der Waals surface area contributed by atoms with Crippen molar-refractivity contribution in [2.24, 2.45) is 29.1 Å². The van der Waals surface area contributed by atoms with Crippen LogP contribution in [0, 0.1) is 29.1 Å². The minimum absolute atomic E-state index is 0.0477. The first-order valence-corrected chi connectivity index (χ1v) is 12.2. The second-order valence-corrected chi connectivity index (χ2v) is 10.3. The van der Waals surface area contributed by atoms with Crippen LogP contribution in [0.15, 0.2) is 22.9 Å². The second kappa shape index (κ2) is 8.23. The molecule has 1 spiro atoms. The van der Waals surface area contributed by atoms with Crippen molar-refractivity contribution in [2.45, 2.75) is 57.4 Å². The van der Waals surface area contributed by atoms with Gasteiger partial charge in [0.25, 0.3) is 0 Å². The van der Waals surface area contributed by atoms with E-state index in [9.17, 15) is 9.59 Å². The average Bonchev–Trinajstić information content (AvgIpc) is 3.42. The summed E-state index contributed by atoms with van der Waals surface area (Å²) >= 11 is 3.32. The first kappa shape index (κ1) is 20.4. The van der Waals surface area contributed by atoms with Crippen LogP contribution in [0.1, 0.15) is 51.4 Å². The summed E-state index contributed by atoms with van der Waals surface area (Å²) in [4.78, 5) is 30.6. The Labute approximate surface area is 186 Å². The van der Waals surface area contributed by atoms with Gasteiger partial charge in [-0.05, 0) is 96.8 Å². The number of carbonyl (C=O) groups excluding carboxylic acids is 2. The number of carbonyl (C=O) groups is 2. The van der Waals surface area contributed by atoms with E-state index in [4.69, 9.17) is 4.74 Å². The molecule has 0 radical (unpaired) electrons. The zero-order valence-corrected chi connectivity index (χ0v) is 18.8. The highest BCUT2D eigenvalue weighted by Gasteiger charge is 2.71. The van der Waals surface area contributed by atoms with Gasteiger partial charge in [-0.15, -0.1) is 0 Å². The minimum Gasteiger partial charge on any atom is -0.465 e. The van der Waals surface area contributed by atoms with Gasteiger partial charge in [-0.1, -0.05) is 6.42 Å². The molecule has 0 aromatic carbocycles. The van der Waals surface area contributed by atoms with Crippen molar-refractivity contribution in [3.8, 4) is 0 Å². The van der Waals surface area contributed by atoms with Gasteiger partial charge in [0, 0.05) is 6.04 Å². The Bertz CT molecular complexity index is 804. The second-order valence-electron chi connectivity index (χ2n) is 9.54. The van der Waals surface area contributed by atoms with Crippen LogP contribution in [0.25, 0.3) is 0 Å². The molecule has 7 heteroatoms. The van der Waals surface area contributed by atoms with Gasteiger partial charge in [-0.25, -0.2) is 4.98 Å². The molecule has 4 aliphatic rings. The van der Waals surface area contributed by atoms with Gasteiger partial charge in [-0.2, -0.15) is 0 Å². The molecule has 5 rings (SSSR count). The molecule has 1 amide bonds. The smallest absolute Gasteiger partial charge is 0.310 e. The lowest BCUT2D eigenvalue weighted by Gasteiger charge is -2.29. The van der Waals surface area contributed by atoms with Crippen LogP contribution in [0.2, 0.25) is 0 Å². The zero-order chi connectivity index (χ0) is 20.7. The Balaban J connectivity index is 1.26. The first-order valence-electron chi connectivity index (χ1n) is 11.4. The highest BCUT2D eigenvalue weighted by atomic mass is 79.9. The van der Waals surface area contributed by atoms with E-state index in [1.165, 1.54) is 12.8 Å². The number of amides is 1. The summed E-state index contributed by atoms with van der Waals surface area (Å²) in [5.41, 5.74) is 0.889. The highest BCUT2D eigenvalue weighted by Crippen LogP contribution is 2.74. The van der Waals surface area contributed by atoms with Crippen LogP contribution < -0.4 is 10.6 Å². The van der Waals surface area contributed by atoms with Crippen LogP contribution in [0.4, 0.5) is 5.69 Å². The van der Waals surface area contributed by atoms with Crippen LogP contribution >= 0.6 is 15.9 Å².